The van der Waals surface area contributed by atoms with E-state index in [1.807, 2.05) is 31.2 Å². The number of amides is 1. The van der Waals surface area contributed by atoms with Gasteiger partial charge in [-0.3, -0.25) is 4.79 Å². The van der Waals surface area contributed by atoms with Gasteiger partial charge in [-0.1, -0.05) is 29.8 Å². The molecule has 0 saturated carbocycles. The van der Waals surface area contributed by atoms with Gasteiger partial charge in [0, 0.05) is 11.6 Å². The highest BCUT2D eigenvalue weighted by atomic mass is 16.5. The molecule has 0 heterocycles. The highest BCUT2D eigenvalue weighted by Crippen LogP contribution is 2.22. The van der Waals surface area contributed by atoms with E-state index in [0.29, 0.717) is 17.1 Å². The molecule has 0 fully saturated rings. The maximum atomic E-state index is 11.8. The van der Waals surface area contributed by atoms with Gasteiger partial charge in [-0.2, -0.15) is 5.10 Å². The molecule has 0 saturated heterocycles. The van der Waals surface area contributed by atoms with Gasteiger partial charge in [-0.25, -0.2) is 5.43 Å². The molecule has 0 atom stereocenters. The van der Waals surface area contributed by atoms with E-state index >= 15 is 0 Å². The molecule has 124 valence electrons. The SMILES string of the molecule is COc1ccc(OC)c(/C=N\NC(=O)/C=C/c2ccc(C)cc2)c1. The van der Waals surface area contributed by atoms with Gasteiger partial charge < -0.3 is 9.47 Å². The number of ether oxygens (including phenoxy) is 2. The van der Waals surface area contributed by atoms with Crippen molar-refractivity contribution < 1.29 is 14.3 Å². The summed E-state index contributed by atoms with van der Waals surface area (Å²) in [5, 5.41) is 3.94. The number of hydrazone groups is 1. The van der Waals surface area contributed by atoms with Crippen LogP contribution in [0.3, 0.4) is 0 Å². The van der Waals surface area contributed by atoms with Gasteiger partial charge in [-0.15, -0.1) is 0 Å². The molecule has 24 heavy (non-hydrogen) atoms. The first-order chi connectivity index (χ1) is 11.6. The first-order valence-electron chi connectivity index (χ1n) is 7.42. The molecule has 2 aromatic rings. The minimum atomic E-state index is -0.311. The number of nitrogens with one attached hydrogen (secondary N) is 1. The van der Waals surface area contributed by atoms with Crippen molar-refractivity contribution >= 4 is 18.2 Å². The number of carbonyl (C=O) groups is 1. The van der Waals surface area contributed by atoms with E-state index in [1.165, 1.54) is 17.9 Å². The zero-order valence-corrected chi connectivity index (χ0v) is 13.9. The first kappa shape index (κ1) is 17.3. The Morgan fingerprint density at radius 1 is 1.08 bits per heavy atom. The van der Waals surface area contributed by atoms with Crippen molar-refractivity contribution in [3.63, 3.8) is 0 Å². The highest BCUT2D eigenvalue weighted by molar-refractivity contribution is 5.93. The van der Waals surface area contributed by atoms with Crippen LogP contribution < -0.4 is 14.9 Å². The molecule has 0 aliphatic rings. The van der Waals surface area contributed by atoms with Crippen molar-refractivity contribution in [1.29, 1.82) is 0 Å². The molecule has 0 unspecified atom stereocenters. The van der Waals surface area contributed by atoms with Crippen LogP contribution in [0.5, 0.6) is 11.5 Å². The smallest absolute Gasteiger partial charge is 0.264 e. The van der Waals surface area contributed by atoms with E-state index in [2.05, 4.69) is 10.5 Å². The van der Waals surface area contributed by atoms with Gasteiger partial charge in [0.15, 0.2) is 0 Å². The molecule has 0 aliphatic carbocycles. The van der Waals surface area contributed by atoms with Gasteiger partial charge in [0.1, 0.15) is 11.5 Å². The van der Waals surface area contributed by atoms with E-state index in [4.69, 9.17) is 9.47 Å². The lowest BCUT2D eigenvalue weighted by Crippen LogP contribution is -2.14. The summed E-state index contributed by atoms with van der Waals surface area (Å²) in [6.45, 7) is 2.02. The van der Waals surface area contributed by atoms with Crippen LogP contribution in [0.4, 0.5) is 0 Å². The predicted octanol–water partition coefficient (Wildman–Crippen LogP) is 3.18. The number of hydrogen-bond acceptors (Lipinski definition) is 4. The number of methoxy groups -OCH3 is 2. The second kappa shape index (κ2) is 8.53. The topological polar surface area (TPSA) is 59.9 Å². The molecule has 2 rings (SSSR count). The van der Waals surface area contributed by atoms with Crippen molar-refractivity contribution in [2.24, 2.45) is 5.10 Å². The molecule has 0 aliphatic heterocycles. The van der Waals surface area contributed by atoms with Crippen LogP contribution in [0, 0.1) is 6.92 Å². The Hall–Kier alpha value is -3.08. The van der Waals surface area contributed by atoms with Crippen LogP contribution in [0.1, 0.15) is 16.7 Å². The summed E-state index contributed by atoms with van der Waals surface area (Å²) >= 11 is 0. The monoisotopic (exact) mass is 324 g/mol. The third-order valence-corrected chi connectivity index (χ3v) is 3.32. The molecule has 2 aromatic carbocycles. The Morgan fingerprint density at radius 2 is 1.83 bits per heavy atom. The van der Waals surface area contributed by atoms with Crippen molar-refractivity contribution in [1.82, 2.24) is 5.43 Å². The molecular formula is C19H20N2O3. The number of hydrogen-bond donors (Lipinski definition) is 1. The number of nitrogens with zero attached hydrogens (tertiary/aromatic N) is 1. The van der Waals surface area contributed by atoms with Crippen LogP contribution in [0.15, 0.2) is 53.6 Å². The normalized spacial score (nSPS) is 11.0. The summed E-state index contributed by atoms with van der Waals surface area (Å²) in [6, 6.07) is 13.2. The molecule has 0 bridgehead atoms. The molecule has 0 spiro atoms. The fourth-order valence-corrected chi connectivity index (χ4v) is 1.99. The summed E-state index contributed by atoms with van der Waals surface area (Å²) in [5.74, 6) is 1.01. The Labute approximate surface area is 141 Å². The highest BCUT2D eigenvalue weighted by Gasteiger charge is 2.02. The number of aryl methyl sites for hydroxylation is 1. The quantitative estimate of drug-likeness (QED) is 0.504. The van der Waals surface area contributed by atoms with Gasteiger partial charge in [0.25, 0.3) is 5.91 Å². The Kier molecular flexibility index (Phi) is 6.14. The second-order valence-corrected chi connectivity index (χ2v) is 5.09. The minimum absolute atomic E-state index is 0.311. The molecule has 0 aromatic heterocycles. The molecular weight excluding hydrogens is 304 g/mol. The van der Waals surface area contributed by atoms with Crippen molar-refractivity contribution in [3.8, 4) is 11.5 Å². The lowest BCUT2D eigenvalue weighted by molar-refractivity contribution is -0.116. The van der Waals surface area contributed by atoms with E-state index < -0.39 is 0 Å². The fourth-order valence-electron chi connectivity index (χ4n) is 1.99. The van der Waals surface area contributed by atoms with E-state index in [1.54, 1.807) is 38.5 Å². The Morgan fingerprint density at radius 3 is 2.50 bits per heavy atom. The summed E-state index contributed by atoms with van der Waals surface area (Å²) in [7, 11) is 3.16. The van der Waals surface area contributed by atoms with E-state index in [-0.39, 0.29) is 5.91 Å². The molecule has 0 radical (unpaired) electrons. The zero-order valence-electron chi connectivity index (χ0n) is 13.9. The van der Waals surface area contributed by atoms with Crippen LogP contribution in [-0.4, -0.2) is 26.3 Å². The Bertz CT molecular complexity index is 750. The summed E-state index contributed by atoms with van der Waals surface area (Å²) in [5.41, 5.74) is 5.28. The summed E-state index contributed by atoms with van der Waals surface area (Å²) in [6.07, 6.45) is 4.68. The van der Waals surface area contributed by atoms with Gasteiger partial charge in [-0.05, 0) is 36.8 Å². The van der Waals surface area contributed by atoms with E-state index in [0.717, 1.165) is 5.56 Å². The number of benzene rings is 2. The zero-order chi connectivity index (χ0) is 17.4. The van der Waals surface area contributed by atoms with Gasteiger partial charge in [0.2, 0.25) is 0 Å². The number of rotatable bonds is 6. The maximum Gasteiger partial charge on any atom is 0.264 e. The van der Waals surface area contributed by atoms with Crippen LogP contribution >= 0.6 is 0 Å². The third kappa shape index (κ3) is 4.98. The van der Waals surface area contributed by atoms with Gasteiger partial charge in [0.05, 0.1) is 20.4 Å². The summed E-state index contributed by atoms with van der Waals surface area (Å²) < 4.78 is 10.4. The Balaban J connectivity index is 1.98. The van der Waals surface area contributed by atoms with E-state index in [9.17, 15) is 4.79 Å². The fraction of sp³-hybridized carbons (Fsp3) is 0.158. The standard InChI is InChI=1S/C19H20N2O3/c1-14-4-6-15(7-5-14)8-11-19(22)21-20-13-16-12-17(23-2)9-10-18(16)24-3/h4-13H,1-3H3,(H,21,22)/b11-8+,20-13-. The molecule has 1 N–H and O–H groups in total. The second-order valence-electron chi connectivity index (χ2n) is 5.09. The van der Waals surface area contributed by atoms with Crippen LogP contribution in [-0.2, 0) is 4.79 Å². The minimum Gasteiger partial charge on any atom is -0.497 e. The van der Waals surface area contributed by atoms with Gasteiger partial charge >= 0.3 is 0 Å². The average Bonchev–Trinajstić information content (AvgIpc) is 2.61. The van der Waals surface area contributed by atoms with Crippen LogP contribution in [0.25, 0.3) is 6.08 Å². The molecule has 5 heteroatoms. The number of carbonyl (C=O) groups excluding carboxylic acids is 1. The molecule has 5 nitrogen and oxygen atoms in total. The van der Waals surface area contributed by atoms with Crippen molar-refractivity contribution in [3.05, 3.63) is 65.2 Å². The van der Waals surface area contributed by atoms with Crippen molar-refractivity contribution in [2.45, 2.75) is 6.92 Å². The first-order valence-corrected chi connectivity index (χ1v) is 7.42. The average molecular weight is 324 g/mol. The predicted molar refractivity (Wildman–Crippen MR) is 95.5 cm³/mol. The third-order valence-electron chi connectivity index (χ3n) is 3.32. The largest absolute Gasteiger partial charge is 0.497 e. The lowest BCUT2D eigenvalue weighted by atomic mass is 10.1. The lowest BCUT2D eigenvalue weighted by Gasteiger charge is -2.06. The van der Waals surface area contributed by atoms with Crippen molar-refractivity contribution in [2.75, 3.05) is 14.2 Å². The van der Waals surface area contributed by atoms with Crippen LogP contribution in [0.2, 0.25) is 0 Å². The molecule has 1 amide bonds. The summed E-state index contributed by atoms with van der Waals surface area (Å²) in [4.78, 5) is 11.8. The maximum absolute atomic E-state index is 11.8.